The quantitative estimate of drug-likeness (QED) is 0.0215. The Balaban J connectivity index is 2.21. The van der Waals surface area contributed by atoms with Crippen molar-refractivity contribution in [3.63, 3.8) is 0 Å². The molecule has 1 aliphatic rings. The van der Waals surface area contributed by atoms with Crippen molar-refractivity contribution in [2.75, 3.05) is 13.2 Å². The second kappa shape index (κ2) is 56.3. The summed E-state index contributed by atoms with van der Waals surface area (Å²) in [4.78, 5) is 13.2. The third-order valence-electron chi connectivity index (χ3n) is 16.8. The molecule has 0 aliphatic carbocycles. The number of allylic oxidation sites excluding steroid dienone is 2. The average molecular weight is 1110 g/mol. The highest BCUT2D eigenvalue weighted by molar-refractivity contribution is 5.80. The van der Waals surface area contributed by atoms with Crippen LogP contribution in [0.15, 0.2) is 12.2 Å². The highest BCUT2D eigenvalue weighted by Crippen LogP contribution is 2.24. The van der Waals surface area contributed by atoms with Crippen molar-refractivity contribution in [1.29, 1.82) is 0 Å². The highest BCUT2D eigenvalue weighted by atomic mass is 16.7. The summed E-state index contributed by atoms with van der Waals surface area (Å²) < 4.78 is 11.2. The molecule has 464 valence electrons. The van der Waals surface area contributed by atoms with Gasteiger partial charge in [-0.1, -0.05) is 315 Å². The van der Waals surface area contributed by atoms with Gasteiger partial charge in [0.1, 0.15) is 36.6 Å². The van der Waals surface area contributed by atoms with Crippen LogP contribution in [0.3, 0.4) is 0 Å². The molecule has 9 unspecified atom stereocenters. The van der Waals surface area contributed by atoms with E-state index in [9.17, 15) is 40.5 Å². The normalized spacial score (nSPS) is 19.4. The first-order valence-electron chi connectivity index (χ1n) is 34.1. The van der Waals surface area contributed by atoms with Crippen LogP contribution in [0.25, 0.3) is 0 Å². The molecule has 0 aromatic heterocycles. The molecule has 9 atom stereocenters. The first-order valence-corrected chi connectivity index (χ1v) is 34.1. The van der Waals surface area contributed by atoms with E-state index in [-0.39, 0.29) is 12.8 Å². The first-order chi connectivity index (χ1) is 38.2. The van der Waals surface area contributed by atoms with Crippen LogP contribution in [0.5, 0.6) is 0 Å². The molecule has 0 saturated carbocycles. The van der Waals surface area contributed by atoms with Crippen LogP contribution < -0.4 is 5.32 Å². The molecular weight excluding hydrogens is 979 g/mol. The predicted octanol–water partition coefficient (Wildman–Crippen LogP) is 15.9. The Morgan fingerprint density at radius 1 is 0.436 bits per heavy atom. The summed E-state index contributed by atoms with van der Waals surface area (Å²) in [6.07, 6.45) is 57.3. The molecule has 1 saturated heterocycles. The number of carbonyl (C=O) groups excluding carboxylic acids is 1. The zero-order valence-corrected chi connectivity index (χ0v) is 51.2. The minimum atomic E-state index is -1.67. The van der Waals surface area contributed by atoms with Crippen molar-refractivity contribution in [2.24, 2.45) is 0 Å². The maximum absolute atomic E-state index is 13.2. The molecule has 11 nitrogen and oxygen atoms in total. The van der Waals surface area contributed by atoms with Crippen molar-refractivity contribution >= 4 is 5.91 Å². The Kier molecular flexibility index (Phi) is 54.1. The molecule has 1 rings (SSSR count). The Bertz CT molecular complexity index is 1270. The van der Waals surface area contributed by atoms with E-state index < -0.39 is 74.2 Å². The van der Waals surface area contributed by atoms with Gasteiger partial charge in [-0.3, -0.25) is 4.79 Å². The lowest BCUT2D eigenvalue weighted by Gasteiger charge is -2.40. The molecule has 0 radical (unpaired) electrons. The van der Waals surface area contributed by atoms with Crippen LogP contribution >= 0.6 is 0 Å². The molecule has 0 aromatic carbocycles. The molecular formula is C67H131NO10. The van der Waals surface area contributed by atoms with E-state index >= 15 is 0 Å². The Labute approximate surface area is 481 Å². The number of aliphatic hydroxyl groups is 7. The van der Waals surface area contributed by atoms with Gasteiger partial charge in [0.15, 0.2) is 6.29 Å². The van der Waals surface area contributed by atoms with Crippen molar-refractivity contribution in [3.8, 4) is 0 Å². The van der Waals surface area contributed by atoms with Crippen molar-refractivity contribution < 1.29 is 50.0 Å². The van der Waals surface area contributed by atoms with E-state index in [0.29, 0.717) is 12.8 Å². The number of hydrogen-bond acceptors (Lipinski definition) is 10. The molecule has 1 heterocycles. The summed E-state index contributed by atoms with van der Waals surface area (Å²) in [7, 11) is 0. The Morgan fingerprint density at radius 3 is 1.10 bits per heavy atom. The fourth-order valence-corrected chi connectivity index (χ4v) is 11.3. The minimum Gasteiger partial charge on any atom is -0.394 e. The third kappa shape index (κ3) is 43.5. The number of hydrogen-bond donors (Lipinski definition) is 8. The van der Waals surface area contributed by atoms with Crippen LogP contribution in [0.2, 0.25) is 0 Å². The number of ether oxygens (including phenoxy) is 2. The van der Waals surface area contributed by atoms with E-state index in [1.165, 1.54) is 270 Å². The van der Waals surface area contributed by atoms with Crippen molar-refractivity contribution in [2.45, 2.75) is 396 Å². The van der Waals surface area contributed by atoms with E-state index in [1.807, 2.05) is 0 Å². The number of aliphatic hydroxyl groups excluding tert-OH is 7. The van der Waals surface area contributed by atoms with E-state index in [0.717, 1.165) is 32.1 Å². The van der Waals surface area contributed by atoms with Gasteiger partial charge in [-0.25, -0.2) is 0 Å². The first kappa shape index (κ1) is 74.9. The van der Waals surface area contributed by atoms with E-state index in [2.05, 4.69) is 31.3 Å². The average Bonchev–Trinajstić information content (AvgIpc) is 3.46. The lowest BCUT2D eigenvalue weighted by Crippen LogP contribution is -2.60. The maximum atomic E-state index is 13.2. The topological polar surface area (TPSA) is 189 Å². The third-order valence-corrected chi connectivity index (χ3v) is 16.8. The maximum Gasteiger partial charge on any atom is 0.249 e. The summed E-state index contributed by atoms with van der Waals surface area (Å²) >= 11 is 0. The molecule has 1 fully saturated rings. The van der Waals surface area contributed by atoms with Crippen LogP contribution in [0.4, 0.5) is 0 Å². The van der Waals surface area contributed by atoms with Gasteiger partial charge in [-0.15, -0.1) is 0 Å². The van der Waals surface area contributed by atoms with E-state index in [1.54, 1.807) is 0 Å². The summed E-state index contributed by atoms with van der Waals surface area (Å²) in [5, 5.41) is 76.4. The zero-order valence-electron chi connectivity index (χ0n) is 51.2. The highest BCUT2D eigenvalue weighted by Gasteiger charge is 2.44. The number of rotatable bonds is 60. The fraction of sp³-hybridized carbons (Fsp3) is 0.955. The summed E-state index contributed by atoms with van der Waals surface area (Å²) in [5.74, 6) is -0.699. The molecule has 0 bridgehead atoms. The SMILES string of the molecule is CCCCCCCCCCCCCCCCCCCCCCCCCCCC/C=C/CCCC(O)C(O)C(COC1OC(CO)C(O)C(O)C1O)NC(=O)C(O)CCCCCCCCCCCCCCCCCCCCCC. The van der Waals surface area contributed by atoms with Gasteiger partial charge >= 0.3 is 0 Å². The smallest absolute Gasteiger partial charge is 0.249 e. The van der Waals surface area contributed by atoms with Crippen molar-refractivity contribution in [1.82, 2.24) is 5.32 Å². The number of carbonyl (C=O) groups is 1. The van der Waals surface area contributed by atoms with Gasteiger partial charge in [0.05, 0.1) is 25.4 Å². The summed E-state index contributed by atoms with van der Waals surface area (Å²) in [6.45, 7) is 3.50. The van der Waals surface area contributed by atoms with Gasteiger partial charge < -0.3 is 50.5 Å². The molecule has 8 N–H and O–H groups in total. The Hall–Kier alpha value is -1.15. The van der Waals surface area contributed by atoms with Gasteiger partial charge in [-0.05, 0) is 38.5 Å². The van der Waals surface area contributed by atoms with Crippen LogP contribution in [0, 0.1) is 0 Å². The number of unbranched alkanes of at least 4 members (excludes halogenated alkanes) is 46. The lowest BCUT2D eigenvalue weighted by molar-refractivity contribution is -0.303. The lowest BCUT2D eigenvalue weighted by atomic mass is 9.98. The summed E-state index contributed by atoms with van der Waals surface area (Å²) in [6, 6.07) is -1.18. The largest absolute Gasteiger partial charge is 0.394 e. The predicted molar refractivity (Wildman–Crippen MR) is 326 cm³/mol. The monoisotopic (exact) mass is 1110 g/mol. The second-order valence-corrected chi connectivity index (χ2v) is 24.3. The van der Waals surface area contributed by atoms with Gasteiger partial charge in [0, 0.05) is 0 Å². The number of nitrogens with one attached hydrogen (secondary N) is 1. The summed E-state index contributed by atoms with van der Waals surface area (Å²) in [5.41, 5.74) is 0. The van der Waals surface area contributed by atoms with Gasteiger partial charge in [0.25, 0.3) is 0 Å². The molecule has 11 heteroatoms. The molecule has 1 amide bonds. The molecule has 0 aromatic rings. The molecule has 78 heavy (non-hydrogen) atoms. The minimum absolute atomic E-state index is 0.260. The second-order valence-electron chi connectivity index (χ2n) is 24.3. The van der Waals surface area contributed by atoms with Gasteiger partial charge in [0.2, 0.25) is 5.91 Å². The van der Waals surface area contributed by atoms with Crippen LogP contribution in [-0.2, 0) is 14.3 Å². The molecule has 1 aliphatic heterocycles. The Morgan fingerprint density at radius 2 is 0.756 bits per heavy atom. The van der Waals surface area contributed by atoms with Crippen LogP contribution in [-0.4, -0.2) is 110 Å². The van der Waals surface area contributed by atoms with E-state index in [4.69, 9.17) is 9.47 Å². The zero-order chi connectivity index (χ0) is 56.8. The number of amides is 1. The van der Waals surface area contributed by atoms with Crippen molar-refractivity contribution in [3.05, 3.63) is 12.2 Å². The van der Waals surface area contributed by atoms with Crippen LogP contribution in [0.1, 0.15) is 341 Å². The standard InChI is InChI=1S/C67H131NO10/c1-3-5-7-9-11-13-15-17-19-21-23-25-26-27-28-29-30-31-32-33-34-35-37-38-40-42-44-46-48-50-52-54-59(70)62(72)58(57-77-67-65(75)64(74)63(73)61(56-69)78-67)68-66(76)60(71)55-53-51-49-47-45-43-41-39-36-24-22-20-18-16-14-12-10-8-6-4-2/h46,48,58-65,67,69-75H,3-45,47,49-57H2,1-2H3,(H,68,76)/b48-46+. The fourth-order valence-electron chi connectivity index (χ4n) is 11.3. The van der Waals surface area contributed by atoms with Gasteiger partial charge in [-0.2, -0.15) is 0 Å². The molecule has 0 spiro atoms.